The van der Waals surface area contributed by atoms with Gasteiger partial charge in [0, 0.05) is 28.6 Å². The van der Waals surface area contributed by atoms with Crippen molar-refractivity contribution in [3.05, 3.63) is 45.9 Å². The molecule has 0 atom stereocenters. The Bertz CT molecular complexity index is 610. The molecule has 0 spiro atoms. The van der Waals surface area contributed by atoms with Crippen molar-refractivity contribution in [2.24, 2.45) is 0 Å². The Morgan fingerprint density at radius 2 is 2.21 bits per heavy atom. The van der Waals surface area contributed by atoms with Crippen molar-refractivity contribution >= 4 is 39.1 Å². The normalized spacial score (nSPS) is 10.8. The lowest BCUT2D eigenvalue weighted by Gasteiger charge is -2.12. The fraction of sp³-hybridized carbons (Fsp3) is 0.231. The highest BCUT2D eigenvalue weighted by Gasteiger charge is 2.15. The van der Waals surface area contributed by atoms with Crippen molar-refractivity contribution in [3.8, 4) is 0 Å². The molecule has 1 N–H and O–H groups in total. The number of hydrogen-bond acceptors (Lipinski definition) is 2. The summed E-state index contributed by atoms with van der Waals surface area (Å²) in [5.74, 6) is -0.179. The molecule has 2 rings (SSSR count). The average Bonchev–Trinajstić information content (AvgIpc) is 2.71. The van der Waals surface area contributed by atoms with Gasteiger partial charge in [0.2, 0.25) is 0 Å². The molecule has 0 saturated heterocycles. The van der Waals surface area contributed by atoms with Crippen molar-refractivity contribution < 1.29 is 4.79 Å². The van der Waals surface area contributed by atoms with Crippen LogP contribution in [0.4, 0.5) is 5.69 Å². The molecule has 0 aromatic carbocycles. The summed E-state index contributed by atoms with van der Waals surface area (Å²) in [6, 6.07) is 5.30. The van der Waals surface area contributed by atoms with E-state index in [2.05, 4.69) is 26.2 Å². The number of rotatable bonds is 3. The van der Waals surface area contributed by atoms with Gasteiger partial charge in [0.1, 0.15) is 10.8 Å². The third kappa shape index (κ3) is 3.36. The molecule has 0 bridgehead atoms. The van der Waals surface area contributed by atoms with Crippen LogP contribution in [0.3, 0.4) is 0 Å². The van der Waals surface area contributed by atoms with E-state index < -0.39 is 0 Å². The third-order valence-corrected chi connectivity index (χ3v) is 3.23. The van der Waals surface area contributed by atoms with Crippen molar-refractivity contribution in [2.75, 3.05) is 5.32 Å². The topological polar surface area (TPSA) is 46.9 Å². The van der Waals surface area contributed by atoms with Crippen LogP contribution in [0.25, 0.3) is 0 Å². The van der Waals surface area contributed by atoms with Crippen LogP contribution in [0.2, 0.25) is 5.15 Å². The lowest BCUT2D eigenvalue weighted by atomic mass is 10.3. The number of pyridine rings is 1. The van der Waals surface area contributed by atoms with E-state index in [-0.39, 0.29) is 11.9 Å². The minimum atomic E-state index is -0.179. The van der Waals surface area contributed by atoms with Gasteiger partial charge in [-0.2, -0.15) is 0 Å². The molecule has 2 aromatic heterocycles. The summed E-state index contributed by atoms with van der Waals surface area (Å²) in [6.45, 7) is 4.04. The van der Waals surface area contributed by atoms with Gasteiger partial charge in [-0.25, -0.2) is 4.98 Å². The predicted molar refractivity (Wildman–Crippen MR) is 79.7 cm³/mol. The molecule has 100 valence electrons. The Morgan fingerprint density at radius 3 is 2.84 bits per heavy atom. The molecule has 0 aliphatic carbocycles. The fourth-order valence-electron chi connectivity index (χ4n) is 1.73. The Morgan fingerprint density at radius 1 is 1.47 bits per heavy atom. The van der Waals surface area contributed by atoms with E-state index >= 15 is 0 Å². The maximum Gasteiger partial charge on any atom is 0.272 e. The first-order valence-corrected chi connectivity index (χ1v) is 6.94. The van der Waals surface area contributed by atoms with Crippen molar-refractivity contribution in [1.82, 2.24) is 9.55 Å². The standard InChI is InChI=1S/C13H13BrClN3O/c1-8(2)18-7-9(14)5-11(18)13(19)17-10-3-4-16-12(15)6-10/h3-8H,1-2H3,(H,16,17,19). The van der Waals surface area contributed by atoms with Gasteiger partial charge in [-0.1, -0.05) is 11.6 Å². The maximum atomic E-state index is 12.2. The highest BCUT2D eigenvalue weighted by atomic mass is 79.9. The number of nitrogens with one attached hydrogen (secondary N) is 1. The Hall–Kier alpha value is -1.33. The Labute approximate surface area is 124 Å². The van der Waals surface area contributed by atoms with Crippen LogP contribution >= 0.6 is 27.5 Å². The van der Waals surface area contributed by atoms with Gasteiger partial charge in [0.05, 0.1) is 0 Å². The first-order valence-electron chi connectivity index (χ1n) is 5.77. The van der Waals surface area contributed by atoms with E-state index in [0.717, 1.165) is 4.47 Å². The number of hydrogen-bond donors (Lipinski definition) is 1. The number of amides is 1. The van der Waals surface area contributed by atoms with Crippen molar-refractivity contribution in [2.45, 2.75) is 19.9 Å². The van der Waals surface area contributed by atoms with Gasteiger partial charge in [0.25, 0.3) is 5.91 Å². The van der Waals surface area contributed by atoms with E-state index in [1.54, 1.807) is 24.4 Å². The monoisotopic (exact) mass is 341 g/mol. The van der Waals surface area contributed by atoms with Gasteiger partial charge in [-0.3, -0.25) is 4.79 Å². The minimum absolute atomic E-state index is 0.179. The second kappa shape index (κ2) is 5.75. The molecule has 2 aromatic rings. The smallest absolute Gasteiger partial charge is 0.272 e. The zero-order valence-corrected chi connectivity index (χ0v) is 12.9. The van der Waals surface area contributed by atoms with Gasteiger partial charge < -0.3 is 9.88 Å². The van der Waals surface area contributed by atoms with Gasteiger partial charge in [0.15, 0.2) is 0 Å². The molecule has 4 nitrogen and oxygen atoms in total. The predicted octanol–water partition coefficient (Wildman–Crippen LogP) is 4.13. The molecule has 0 aliphatic rings. The molecule has 2 heterocycles. The molecular formula is C13H13BrClN3O. The number of halogens is 2. The van der Waals surface area contributed by atoms with Gasteiger partial charge in [-0.15, -0.1) is 0 Å². The minimum Gasteiger partial charge on any atom is -0.340 e. The van der Waals surface area contributed by atoms with E-state index in [1.165, 1.54) is 0 Å². The van der Waals surface area contributed by atoms with Crippen LogP contribution in [0.5, 0.6) is 0 Å². The van der Waals surface area contributed by atoms with Gasteiger partial charge >= 0.3 is 0 Å². The summed E-state index contributed by atoms with van der Waals surface area (Å²) < 4.78 is 2.78. The first kappa shape index (κ1) is 14.1. The molecular weight excluding hydrogens is 330 g/mol. The number of carbonyl (C=O) groups excluding carboxylic acids is 1. The summed E-state index contributed by atoms with van der Waals surface area (Å²) in [6.07, 6.45) is 3.44. The quantitative estimate of drug-likeness (QED) is 0.852. The highest BCUT2D eigenvalue weighted by Crippen LogP contribution is 2.21. The highest BCUT2D eigenvalue weighted by molar-refractivity contribution is 9.10. The summed E-state index contributed by atoms with van der Waals surface area (Å²) in [7, 11) is 0. The first-order chi connectivity index (χ1) is 8.97. The lowest BCUT2D eigenvalue weighted by molar-refractivity contribution is 0.101. The molecule has 1 amide bonds. The van der Waals surface area contributed by atoms with Crippen LogP contribution in [0.15, 0.2) is 35.1 Å². The van der Waals surface area contributed by atoms with E-state index in [9.17, 15) is 4.79 Å². The van der Waals surface area contributed by atoms with Crippen LogP contribution < -0.4 is 5.32 Å². The zero-order chi connectivity index (χ0) is 14.0. The number of nitrogens with zero attached hydrogens (tertiary/aromatic N) is 2. The summed E-state index contributed by atoms with van der Waals surface area (Å²) in [5, 5.41) is 3.15. The van der Waals surface area contributed by atoms with E-state index in [0.29, 0.717) is 16.5 Å². The average molecular weight is 343 g/mol. The van der Waals surface area contributed by atoms with Crippen LogP contribution in [0.1, 0.15) is 30.4 Å². The molecule has 6 heteroatoms. The molecule has 19 heavy (non-hydrogen) atoms. The SMILES string of the molecule is CC(C)n1cc(Br)cc1C(=O)Nc1ccnc(Cl)c1. The second-order valence-electron chi connectivity index (χ2n) is 4.37. The van der Waals surface area contributed by atoms with Crippen molar-refractivity contribution in [3.63, 3.8) is 0 Å². The van der Waals surface area contributed by atoms with E-state index in [1.807, 2.05) is 24.6 Å². The number of anilines is 1. The fourth-order valence-corrected chi connectivity index (χ4v) is 2.34. The molecule has 0 fully saturated rings. The van der Waals surface area contributed by atoms with E-state index in [4.69, 9.17) is 11.6 Å². The van der Waals surface area contributed by atoms with Crippen molar-refractivity contribution in [1.29, 1.82) is 0 Å². The zero-order valence-electron chi connectivity index (χ0n) is 10.5. The van der Waals surface area contributed by atoms with Crippen LogP contribution in [-0.4, -0.2) is 15.5 Å². The lowest BCUT2D eigenvalue weighted by Crippen LogP contribution is -2.17. The second-order valence-corrected chi connectivity index (χ2v) is 5.67. The van der Waals surface area contributed by atoms with Gasteiger partial charge in [-0.05, 0) is 48.0 Å². The largest absolute Gasteiger partial charge is 0.340 e. The molecule has 0 saturated carbocycles. The number of aromatic nitrogens is 2. The summed E-state index contributed by atoms with van der Waals surface area (Å²) >= 11 is 9.17. The maximum absolute atomic E-state index is 12.2. The Balaban J connectivity index is 2.25. The summed E-state index contributed by atoms with van der Waals surface area (Å²) in [5.41, 5.74) is 1.22. The van der Waals surface area contributed by atoms with Crippen LogP contribution in [-0.2, 0) is 0 Å². The summed E-state index contributed by atoms with van der Waals surface area (Å²) in [4.78, 5) is 16.1. The van der Waals surface area contributed by atoms with Crippen LogP contribution in [0, 0.1) is 0 Å². The Kier molecular flexibility index (Phi) is 4.27. The molecule has 0 aliphatic heterocycles. The third-order valence-electron chi connectivity index (χ3n) is 2.59. The molecule has 0 radical (unpaired) electrons. The molecule has 0 unspecified atom stereocenters. The number of carbonyl (C=O) groups is 1.